The minimum absolute atomic E-state index is 0.0866. The Morgan fingerprint density at radius 3 is 2.89 bits per heavy atom. The van der Waals surface area contributed by atoms with Gasteiger partial charge in [0, 0.05) is 24.2 Å². The fraction of sp³-hybridized carbons (Fsp3) is 0.214. The van der Waals surface area contributed by atoms with E-state index in [1.54, 1.807) is 24.0 Å². The van der Waals surface area contributed by atoms with Crippen molar-refractivity contribution >= 4 is 17.4 Å². The fourth-order valence-corrected chi connectivity index (χ4v) is 2.34. The van der Waals surface area contributed by atoms with Crippen LogP contribution >= 0.6 is 0 Å². The predicted molar refractivity (Wildman–Crippen MR) is 70.4 cm³/mol. The Hall–Kier alpha value is -2.43. The van der Waals surface area contributed by atoms with Crippen molar-refractivity contribution in [3.63, 3.8) is 0 Å². The molecule has 1 amide bonds. The molecule has 2 heterocycles. The van der Waals surface area contributed by atoms with Crippen LogP contribution < -0.4 is 4.90 Å². The Kier molecular flexibility index (Phi) is 2.67. The van der Waals surface area contributed by atoms with Gasteiger partial charge >= 0.3 is 0 Å². The molecule has 1 aliphatic heterocycles. The maximum Gasteiger partial charge on any atom is 0.261 e. The molecule has 2 aromatic rings. The highest BCUT2D eigenvalue weighted by Crippen LogP contribution is 2.28. The second-order valence-electron chi connectivity index (χ2n) is 4.56. The number of benzene rings is 1. The first-order chi connectivity index (χ1) is 9.18. The van der Waals surface area contributed by atoms with Gasteiger partial charge in [-0.05, 0) is 19.1 Å². The lowest BCUT2D eigenvalue weighted by Crippen LogP contribution is -2.37. The highest BCUT2D eigenvalue weighted by molar-refractivity contribution is 6.13. The molecular formula is C14H13N3O2. The Balaban J connectivity index is 2.04. The van der Waals surface area contributed by atoms with E-state index in [0.29, 0.717) is 29.8 Å². The number of rotatable bonds is 1. The molecule has 0 saturated heterocycles. The van der Waals surface area contributed by atoms with Crippen LogP contribution in [0.15, 0.2) is 30.5 Å². The number of anilines is 1. The highest BCUT2D eigenvalue weighted by atomic mass is 16.2. The van der Waals surface area contributed by atoms with Crippen molar-refractivity contribution in [3.8, 4) is 0 Å². The number of Topliss-reactive ketones (excluding diaryl/α,β-unsaturated/α-hetero) is 1. The molecule has 5 nitrogen and oxygen atoms in total. The first-order valence-electron chi connectivity index (χ1n) is 6.12. The van der Waals surface area contributed by atoms with E-state index >= 15 is 0 Å². The van der Waals surface area contributed by atoms with Crippen LogP contribution in [0.1, 0.15) is 32.8 Å². The topological polar surface area (TPSA) is 66.1 Å². The van der Waals surface area contributed by atoms with E-state index in [4.69, 9.17) is 0 Å². The Labute approximate surface area is 110 Å². The van der Waals surface area contributed by atoms with Gasteiger partial charge in [0.15, 0.2) is 5.78 Å². The first-order valence-corrected chi connectivity index (χ1v) is 6.12. The largest absolute Gasteiger partial charge is 0.307 e. The molecule has 0 bridgehead atoms. The Bertz CT molecular complexity index is 660. The van der Waals surface area contributed by atoms with Gasteiger partial charge in [0.05, 0.1) is 17.4 Å². The summed E-state index contributed by atoms with van der Waals surface area (Å²) in [5.41, 5.74) is 2.58. The first kappa shape index (κ1) is 11.6. The molecule has 5 heteroatoms. The van der Waals surface area contributed by atoms with Gasteiger partial charge in [0.2, 0.25) is 0 Å². The van der Waals surface area contributed by atoms with E-state index in [2.05, 4.69) is 10.2 Å². The summed E-state index contributed by atoms with van der Waals surface area (Å²) >= 11 is 0. The monoisotopic (exact) mass is 255 g/mol. The number of para-hydroxylation sites is 1. The molecule has 1 N–H and O–H groups in total. The van der Waals surface area contributed by atoms with Crippen LogP contribution in [0.5, 0.6) is 0 Å². The number of H-pyrrole nitrogens is 1. The van der Waals surface area contributed by atoms with Gasteiger partial charge < -0.3 is 4.90 Å². The smallest absolute Gasteiger partial charge is 0.261 e. The second-order valence-corrected chi connectivity index (χ2v) is 4.56. The Morgan fingerprint density at radius 2 is 2.16 bits per heavy atom. The number of aromatic amines is 1. The maximum absolute atomic E-state index is 12.5. The molecule has 0 unspecified atom stereocenters. The number of aromatic nitrogens is 2. The number of aryl methyl sites for hydroxylation is 1. The van der Waals surface area contributed by atoms with Crippen molar-refractivity contribution in [1.82, 2.24) is 10.2 Å². The van der Waals surface area contributed by atoms with Crippen LogP contribution in [0.4, 0.5) is 5.69 Å². The number of hydrogen-bond donors (Lipinski definition) is 1. The van der Waals surface area contributed by atoms with Gasteiger partial charge in [-0.2, -0.15) is 5.10 Å². The van der Waals surface area contributed by atoms with Crippen LogP contribution in [0.3, 0.4) is 0 Å². The predicted octanol–water partition coefficient (Wildman–Crippen LogP) is 1.95. The summed E-state index contributed by atoms with van der Waals surface area (Å²) in [4.78, 5) is 26.0. The molecule has 0 aliphatic carbocycles. The van der Waals surface area contributed by atoms with Crippen molar-refractivity contribution in [1.29, 1.82) is 0 Å². The number of carbonyl (C=O) groups is 2. The molecule has 0 spiro atoms. The van der Waals surface area contributed by atoms with Gasteiger partial charge in [0.25, 0.3) is 5.91 Å². The zero-order valence-electron chi connectivity index (χ0n) is 10.5. The van der Waals surface area contributed by atoms with Crippen molar-refractivity contribution in [2.75, 3.05) is 11.4 Å². The normalized spacial score (nSPS) is 14.4. The number of amides is 1. The summed E-state index contributed by atoms with van der Waals surface area (Å²) < 4.78 is 0. The van der Waals surface area contributed by atoms with Crippen LogP contribution in [0.25, 0.3) is 0 Å². The fourth-order valence-electron chi connectivity index (χ4n) is 2.34. The second kappa shape index (κ2) is 4.35. The third-order valence-electron chi connectivity index (χ3n) is 3.36. The average molecular weight is 255 g/mol. The highest BCUT2D eigenvalue weighted by Gasteiger charge is 2.28. The summed E-state index contributed by atoms with van der Waals surface area (Å²) in [7, 11) is 0. The molecule has 1 aromatic carbocycles. The number of nitrogens with one attached hydrogen (secondary N) is 1. The van der Waals surface area contributed by atoms with Crippen LogP contribution in [0.2, 0.25) is 0 Å². The van der Waals surface area contributed by atoms with Gasteiger partial charge in [0.1, 0.15) is 0 Å². The minimum Gasteiger partial charge on any atom is -0.307 e. The van der Waals surface area contributed by atoms with E-state index < -0.39 is 0 Å². The Morgan fingerprint density at radius 1 is 1.37 bits per heavy atom. The number of nitrogens with zero attached hydrogens (tertiary/aromatic N) is 2. The minimum atomic E-state index is -0.119. The van der Waals surface area contributed by atoms with Gasteiger partial charge in [-0.1, -0.05) is 12.1 Å². The lowest BCUT2D eigenvalue weighted by Gasteiger charge is -2.28. The zero-order chi connectivity index (χ0) is 13.4. The van der Waals surface area contributed by atoms with Crippen LogP contribution in [-0.4, -0.2) is 28.4 Å². The maximum atomic E-state index is 12.5. The van der Waals surface area contributed by atoms with E-state index in [-0.39, 0.29) is 11.7 Å². The summed E-state index contributed by atoms with van der Waals surface area (Å²) in [6.07, 6.45) is 1.89. The molecule has 19 heavy (non-hydrogen) atoms. The number of ketones is 1. The third-order valence-corrected chi connectivity index (χ3v) is 3.36. The summed E-state index contributed by atoms with van der Waals surface area (Å²) in [5, 5.41) is 6.63. The molecule has 0 atom stereocenters. The SMILES string of the molecule is Cc1[nH]ncc1C(=O)N1CCC(=O)c2ccccc21. The number of fused-ring (bicyclic) bond motifs is 1. The number of hydrogen-bond acceptors (Lipinski definition) is 3. The van der Waals surface area contributed by atoms with Crippen molar-refractivity contribution in [2.24, 2.45) is 0 Å². The molecular weight excluding hydrogens is 242 g/mol. The molecule has 1 aromatic heterocycles. The van der Waals surface area contributed by atoms with E-state index in [9.17, 15) is 9.59 Å². The van der Waals surface area contributed by atoms with Gasteiger partial charge in [-0.3, -0.25) is 14.7 Å². The third kappa shape index (κ3) is 1.83. The molecule has 3 rings (SSSR count). The molecule has 96 valence electrons. The van der Waals surface area contributed by atoms with Crippen LogP contribution in [0, 0.1) is 6.92 Å². The lowest BCUT2D eigenvalue weighted by molar-refractivity contribution is 0.0955. The van der Waals surface area contributed by atoms with E-state index in [1.807, 2.05) is 12.1 Å². The quantitative estimate of drug-likeness (QED) is 0.847. The van der Waals surface area contributed by atoms with Gasteiger partial charge in [-0.25, -0.2) is 0 Å². The van der Waals surface area contributed by atoms with Crippen molar-refractivity contribution in [2.45, 2.75) is 13.3 Å². The van der Waals surface area contributed by atoms with E-state index in [0.717, 1.165) is 5.69 Å². The standard InChI is InChI=1S/C14H13N3O2/c1-9-11(8-15-16-9)14(19)17-7-6-13(18)10-4-2-3-5-12(10)17/h2-5,8H,6-7H2,1H3,(H,15,16). The van der Waals surface area contributed by atoms with Crippen LogP contribution in [-0.2, 0) is 0 Å². The summed E-state index contributed by atoms with van der Waals surface area (Å²) in [5.74, 6) is -0.0326. The van der Waals surface area contributed by atoms with Crippen molar-refractivity contribution in [3.05, 3.63) is 47.3 Å². The number of carbonyl (C=O) groups excluding carboxylic acids is 2. The van der Waals surface area contributed by atoms with E-state index in [1.165, 1.54) is 6.20 Å². The van der Waals surface area contributed by atoms with Gasteiger partial charge in [-0.15, -0.1) is 0 Å². The zero-order valence-corrected chi connectivity index (χ0v) is 10.5. The van der Waals surface area contributed by atoms with Crippen molar-refractivity contribution < 1.29 is 9.59 Å². The molecule has 1 aliphatic rings. The molecule has 0 saturated carbocycles. The lowest BCUT2D eigenvalue weighted by atomic mass is 9.99. The molecule has 0 radical (unpaired) electrons. The molecule has 0 fully saturated rings. The summed E-state index contributed by atoms with van der Waals surface area (Å²) in [6, 6.07) is 7.22. The summed E-state index contributed by atoms with van der Waals surface area (Å²) in [6.45, 7) is 2.22. The average Bonchev–Trinajstić information content (AvgIpc) is 2.85.